The molecular weight excluding hydrogens is 179 g/mol. The number of rotatable bonds is 1. The summed E-state index contributed by atoms with van der Waals surface area (Å²) in [6, 6.07) is 1.73. The number of aromatic nitrogens is 1. The van der Waals surface area contributed by atoms with Crippen molar-refractivity contribution in [1.82, 2.24) is 10.3 Å². The van der Waals surface area contributed by atoms with Crippen LogP contribution in [0.25, 0.3) is 0 Å². The second kappa shape index (κ2) is 2.99. The minimum Gasteiger partial charge on any atom is -0.310 e. The van der Waals surface area contributed by atoms with Crippen LogP contribution in [0.2, 0.25) is 5.02 Å². The van der Waals surface area contributed by atoms with Gasteiger partial charge in [-0.2, -0.15) is 4.39 Å². The van der Waals surface area contributed by atoms with Crippen molar-refractivity contribution in [1.29, 1.82) is 0 Å². The van der Waals surface area contributed by atoms with E-state index in [9.17, 15) is 4.39 Å². The van der Waals surface area contributed by atoms with Crippen LogP contribution in [-0.4, -0.2) is 11.5 Å². The van der Waals surface area contributed by atoms with Crippen LogP contribution in [0.3, 0.4) is 0 Å². The number of hydrogen-bond acceptors (Lipinski definition) is 2. The van der Waals surface area contributed by atoms with Crippen molar-refractivity contribution in [3.63, 3.8) is 0 Å². The zero-order chi connectivity index (χ0) is 8.55. The first-order valence-corrected chi connectivity index (χ1v) is 4.19. The van der Waals surface area contributed by atoms with Gasteiger partial charge in [-0.1, -0.05) is 11.6 Å². The third-order valence-corrected chi connectivity index (χ3v) is 2.24. The molecule has 0 amide bonds. The highest BCUT2D eigenvalue weighted by Gasteiger charge is 2.22. The van der Waals surface area contributed by atoms with Crippen LogP contribution < -0.4 is 5.32 Å². The maximum Gasteiger partial charge on any atom is 0.217 e. The highest BCUT2D eigenvalue weighted by molar-refractivity contribution is 6.30. The monoisotopic (exact) mass is 186 g/mol. The second-order valence-electron chi connectivity index (χ2n) is 2.83. The van der Waals surface area contributed by atoms with E-state index in [-0.39, 0.29) is 6.04 Å². The lowest BCUT2D eigenvalue weighted by Gasteiger charge is -2.27. The molecule has 0 unspecified atom stereocenters. The van der Waals surface area contributed by atoms with Gasteiger partial charge in [-0.05, 0) is 19.0 Å². The Bertz CT molecular complexity index is 299. The summed E-state index contributed by atoms with van der Waals surface area (Å²) in [5, 5.41) is 3.58. The molecule has 2 heterocycles. The fraction of sp³-hybridized carbons (Fsp3) is 0.375. The predicted octanol–water partition coefficient (Wildman–Crippen LogP) is 1.91. The van der Waals surface area contributed by atoms with Gasteiger partial charge in [-0.15, -0.1) is 0 Å². The van der Waals surface area contributed by atoms with E-state index in [1.807, 2.05) is 0 Å². The zero-order valence-corrected chi connectivity index (χ0v) is 7.11. The third-order valence-electron chi connectivity index (χ3n) is 2.03. The van der Waals surface area contributed by atoms with E-state index in [1.165, 1.54) is 6.20 Å². The Hall–Kier alpha value is -0.670. The van der Waals surface area contributed by atoms with Crippen molar-refractivity contribution in [2.75, 3.05) is 6.54 Å². The highest BCUT2D eigenvalue weighted by Crippen LogP contribution is 2.26. The Kier molecular flexibility index (Phi) is 1.98. The lowest BCUT2D eigenvalue weighted by atomic mass is 10.00. The van der Waals surface area contributed by atoms with Gasteiger partial charge in [-0.3, -0.25) is 0 Å². The quantitative estimate of drug-likeness (QED) is 0.678. The van der Waals surface area contributed by atoms with Gasteiger partial charge in [0.05, 0.1) is 5.02 Å². The molecule has 0 spiro atoms. The van der Waals surface area contributed by atoms with Crippen molar-refractivity contribution in [3.8, 4) is 0 Å². The minimum atomic E-state index is -0.420. The molecule has 1 aliphatic heterocycles. The first kappa shape index (κ1) is 7.95. The summed E-state index contributed by atoms with van der Waals surface area (Å²) in [4.78, 5) is 3.54. The molecule has 2 rings (SSSR count). The molecule has 12 heavy (non-hydrogen) atoms. The van der Waals surface area contributed by atoms with E-state index < -0.39 is 5.95 Å². The molecule has 2 nitrogen and oxygen atoms in total. The third kappa shape index (κ3) is 1.30. The van der Waals surface area contributed by atoms with Crippen LogP contribution in [0, 0.1) is 5.95 Å². The van der Waals surface area contributed by atoms with Crippen LogP contribution in [-0.2, 0) is 0 Å². The zero-order valence-electron chi connectivity index (χ0n) is 6.35. The van der Waals surface area contributed by atoms with Crippen LogP contribution in [0.1, 0.15) is 18.0 Å². The summed E-state index contributed by atoms with van der Waals surface area (Å²) in [5.74, 6) is -0.420. The number of hydrogen-bond donors (Lipinski definition) is 1. The summed E-state index contributed by atoms with van der Waals surface area (Å²) < 4.78 is 13.0. The van der Waals surface area contributed by atoms with E-state index in [0.717, 1.165) is 13.0 Å². The Morgan fingerprint density at radius 2 is 2.42 bits per heavy atom. The Balaban J connectivity index is 2.34. The average Bonchev–Trinajstić information content (AvgIpc) is 1.93. The van der Waals surface area contributed by atoms with Gasteiger partial charge < -0.3 is 5.32 Å². The average molecular weight is 187 g/mol. The van der Waals surface area contributed by atoms with Gasteiger partial charge >= 0.3 is 0 Å². The van der Waals surface area contributed by atoms with Gasteiger partial charge in [-0.25, -0.2) is 4.98 Å². The molecule has 64 valence electrons. The van der Waals surface area contributed by atoms with Gasteiger partial charge in [0.1, 0.15) is 0 Å². The molecule has 4 heteroatoms. The van der Waals surface area contributed by atoms with Crippen molar-refractivity contribution < 1.29 is 4.39 Å². The van der Waals surface area contributed by atoms with Crippen molar-refractivity contribution in [2.24, 2.45) is 0 Å². The highest BCUT2D eigenvalue weighted by atomic mass is 35.5. The molecule has 1 aromatic rings. The van der Waals surface area contributed by atoms with Gasteiger partial charge in [0.25, 0.3) is 0 Å². The molecule has 0 saturated carbocycles. The Morgan fingerprint density at radius 3 is 3.00 bits per heavy atom. The molecule has 0 aliphatic carbocycles. The first-order chi connectivity index (χ1) is 5.77. The first-order valence-electron chi connectivity index (χ1n) is 3.81. The summed E-state index contributed by atoms with van der Waals surface area (Å²) in [7, 11) is 0. The molecule has 1 N–H and O–H groups in total. The Labute approximate surface area is 74.8 Å². The molecular formula is C8H8ClFN2. The van der Waals surface area contributed by atoms with Gasteiger partial charge in [0.15, 0.2) is 0 Å². The summed E-state index contributed by atoms with van der Waals surface area (Å²) >= 11 is 5.69. The predicted molar refractivity (Wildman–Crippen MR) is 44.6 cm³/mol. The molecule has 0 radical (unpaired) electrons. The van der Waals surface area contributed by atoms with Crippen molar-refractivity contribution >= 4 is 11.6 Å². The molecule has 1 saturated heterocycles. The maximum atomic E-state index is 13.0. The topological polar surface area (TPSA) is 24.9 Å². The fourth-order valence-electron chi connectivity index (χ4n) is 1.24. The van der Waals surface area contributed by atoms with E-state index in [1.54, 1.807) is 6.07 Å². The van der Waals surface area contributed by atoms with E-state index >= 15 is 0 Å². The number of halogens is 2. The van der Waals surface area contributed by atoms with Gasteiger partial charge in [0.2, 0.25) is 5.95 Å². The summed E-state index contributed by atoms with van der Waals surface area (Å²) in [6.45, 7) is 0.941. The van der Waals surface area contributed by atoms with E-state index in [4.69, 9.17) is 11.6 Å². The normalized spacial score (nSPS) is 22.0. The fourth-order valence-corrected chi connectivity index (χ4v) is 1.40. The number of pyridine rings is 1. The van der Waals surface area contributed by atoms with Gasteiger partial charge in [0, 0.05) is 17.8 Å². The summed E-state index contributed by atoms with van der Waals surface area (Å²) in [5.41, 5.74) is 0.578. The van der Waals surface area contributed by atoms with Crippen LogP contribution in [0.4, 0.5) is 4.39 Å². The SMILES string of the molecule is Fc1ncc(Cl)cc1[C@H]1CCN1. The second-order valence-corrected chi connectivity index (χ2v) is 3.27. The van der Waals surface area contributed by atoms with Crippen molar-refractivity contribution in [3.05, 3.63) is 28.8 Å². The van der Waals surface area contributed by atoms with Crippen LogP contribution in [0.15, 0.2) is 12.3 Å². The number of nitrogens with zero attached hydrogens (tertiary/aromatic N) is 1. The standard InChI is InChI=1S/C8H8ClFN2/c9-5-3-6(7-1-2-11-7)8(10)12-4-5/h3-4,7,11H,1-2H2/t7-/m1/s1. The molecule has 1 atom stereocenters. The van der Waals surface area contributed by atoms with Crippen molar-refractivity contribution in [2.45, 2.75) is 12.5 Å². The maximum absolute atomic E-state index is 13.0. The number of nitrogens with one attached hydrogen (secondary N) is 1. The molecule has 1 fully saturated rings. The lowest BCUT2D eigenvalue weighted by molar-refractivity contribution is 0.366. The minimum absolute atomic E-state index is 0.108. The largest absolute Gasteiger partial charge is 0.310 e. The van der Waals surface area contributed by atoms with Crippen LogP contribution in [0.5, 0.6) is 0 Å². The lowest BCUT2D eigenvalue weighted by Crippen LogP contribution is -2.35. The van der Waals surface area contributed by atoms with E-state index in [0.29, 0.717) is 10.6 Å². The Morgan fingerprint density at radius 1 is 1.67 bits per heavy atom. The van der Waals surface area contributed by atoms with E-state index in [2.05, 4.69) is 10.3 Å². The molecule has 0 aromatic carbocycles. The molecule has 0 bridgehead atoms. The summed E-state index contributed by atoms with van der Waals surface area (Å²) in [6.07, 6.45) is 2.28. The molecule has 1 aliphatic rings. The smallest absolute Gasteiger partial charge is 0.217 e. The molecule has 1 aromatic heterocycles. The van der Waals surface area contributed by atoms with Crippen LogP contribution >= 0.6 is 11.6 Å².